The fourth-order valence-electron chi connectivity index (χ4n) is 4.13. The highest BCUT2D eigenvalue weighted by Gasteiger charge is 2.34. The van der Waals surface area contributed by atoms with Gasteiger partial charge in [0.05, 0.1) is 17.3 Å². The summed E-state index contributed by atoms with van der Waals surface area (Å²) in [4.78, 5) is 39.5. The molecule has 32 heavy (non-hydrogen) atoms. The molecule has 6 nitrogen and oxygen atoms in total. The molecule has 0 radical (unpaired) electrons. The molecule has 0 unspecified atom stereocenters. The van der Waals surface area contributed by atoms with E-state index in [9.17, 15) is 18.8 Å². The van der Waals surface area contributed by atoms with Gasteiger partial charge in [-0.15, -0.1) is 11.3 Å². The van der Waals surface area contributed by atoms with Crippen LogP contribution in [-0.4, -0.2) is 5.91 Å². The van der Waals surface area contributed by atoms with Crippen LogP contribution in [0.5, 0.6) is 0 Å². The Bertz CT molecular complexity index is 1300. The number of thiophene rings is 1. The van der Waals surface area contributed by atoms with E-state index in [1.807, 2.05) is 46.8 Å². The minimum atomic E-state index is -0.728. The number of nitrogens with one attached hydrogen (secondary N) is 3. The molecule has 1 amide bonds. The molecule has 1 aromatic heterocycles. The molecule has 1 aliphatic rings. The van der Waals surface area contributed by atoms with Crippen LogP contribution in [0.3, 0.4) is 0 Å². The zero-order valence-corrected chi connectivity index (χ0v) is 19.6. The normalized spacial score (nSPS) is 14.4. The number of carbonyl (C=O) groups excluding carboxylic acids is 1. The second-order valence-corrected chi connectivity index (χ2v) is 10.5. The highest BCUT2D eigenvalue weighted by molar-refractivity contribution is 7.12. The minimum absolute atomic E-state index is 0.0115. The van der Waals surface area contributed by atoms with Crippen LogP contribution in [-0.2, 0) is 13.0 Å². The number of carbonyl (C=O) groups is 1. The molecule has 0 spiro atoms. The quantitative estimate of drug-likeness (QED) is 0.475. The van der Waals surface area contributed by atoms with Gasteiger partial charge < -0.3 is 16.0 Å². The second-order valence-electron chi connectivity index (χ2n) is 9.21. The third-order valence-electron chi connectivity index (χ3n) is 5.87. The first kappa shape index (κ1) is 22.2. The summed E-state index contributed by atoms with van der Waals surface area (Å²) in [6.45, 7) is 10.3. The predicted molar refractivity (Wildman–Crippen MR) is 126 cm³/mol. The van der Waals surface area contributed by atoms with E-state index >= 15 is 0 Å². The fourth-order valence-corrected chi connectivity index (χ4v) is 5.31. The van der Waals surface area contributed by atoms with Gasteiger partial charge in [-0.1, -0.05) is 27.7 Å². The van der Waals surface area contributed by atoms with Gasteiger partial charge in [0.1, 0.15) is 17.2 Å². The van der Waals surface area contributed by atoms with E-state index in [2.05, 4.69) is 16.0 Å². The maximum absolute atomic E-state index is 15.0. The van der Waals surface area contributed by atoms with Gasteiger partial charge in [-0.3, -0.25) is 14.4 Å². The summed E-state index contributed by atoms with van der Waals surface area (Å²) in [6.07, 6.45) is 0.578. The molecular weight excluding hydrogens is 429 g/mol. The lowest BCUT2D eigenvalue weighted by Crippen LogP contribution is -2.39. The van der Waals surface area contributed by atoms with Crippen molar-refractivity contribution in [3.63, 3.8) is 0 Å². The number of benzene rings is 1. The number of hydrogen-bond donors (Lipinski definition) is 3. The van der Waals surface area contributed by atoms with Gasteiger partial charge in [0.2, 0.25) is 0 Å². The van der Waals surface area contributed by atoms with Crippen molar-refractivity contribution in [2.45, 2.75) is 53.6 Å². The topological polar surface area (TPSA) is 87.3 Å². The van der Waals surface area contributed by atoms with Crippen LogP contribution in [0.1, 0.15) is 65.0 Å². The van der Waals surface area contributed by atoms with Crippen LogP contribution in [0.25, 0.3) is 0 Å². The molecule has 3 aromatic rings. The Morgan fingerprint density at radius 3 is 2.41 bits per heavy atom. The van der Waals surface area contributed by atoms with Crippen molar-refractivity contribution in [1.82, 2.24) is 5.32 Å². The first-order valence-electron chi connectivity index (χ1n) is 10.6. The average Bonchev–Trinajstić information content (AvgIpc) is 3.33. The van der Waals surface area contributed by atoms with E-state index in [-0.39, 0.29) is 34.1 Å². The molecule has 0 saturated carbocycles. The largest absolute Gasteiger partial charge is 0.372 e. The molecule has 1 aliphatic heterocycles. The van der Waals surface area contributed by atoms with Crippen molar-refractivity contribution in [2.24, 2.45) is 5.41 Å². The molecule has 168 valence electrons. The molecule has 2 heterocycles. The van der Waals surface area contributed by atoms with Gasteiger partial charge >= 0.3 is 0 Å². The number of amides is 1. The van der Waals surface area contributed by atoms with Crippen LogP contribution in [0.15, 0.2) is 27.8 Å². The van der Waals surface area contributed by atoms with E-state index in [1.165, 1.54) is 6.07 Å². The molecule has 8 heteroatoms. The summed E-state index contributed by atoms with van der Waals surface area (Å²) in [7, 11) is 0. The SMILES string of the molecule is CCc1cc(F)c(Nc2c(N[C@@H](c3ccc(C)s3)C(C)(C)C)c(=O)c2=O)c2c1CNC2=O. The first-order valence-corrected chi connectivity index (χ1v) is 11.4. The van der Waals surface area contributed by atoms with E-state index < -0.39 is 22.6 Å². The van der Waals surface area contributed by atoms with E-state index in [1.54, 1.807) is 11.3 Å². The summed E-state index contributed by atoms with van der Waals surface area (Å²) in [5.41, 5.74) is 0.0549. The highest BCUT2D eigenvalue weighted by Crippen LogP contribution is 2.40. The Morgan fingerprint density at radius 1 is 1.12 bits per heavy atom. The van der Waals surface area contributed by atoms with E-state index in [0.717, 1.165) is 20.9 Å². The lowest BCUT2D eigenvalue weighted by atomic mass is 9.85. The summed E-state index contributed by atoms with van der Waals surface area (Å²) in [5.74, 6) is -1.02. The smallest absolute Gasteiger partial charge is 0.254 e. The zero-order valence-electron chi connectivity index (χ0n) is 18.7. The van der Waals surface area contributed by atoms with Crippen LogP contribution in [0.4, 0.5) is 21.5 Å². The van der Waals surface area contributed by atoms with Crippen molar-refractivity contribution in [3.05, 3.63) is 70.9 Å². The minimum Gasteiger partial charge on any atom is -0.372 e. The fraction of sp³-hybridized carbons (Fsp3) is 0.375. The number of anilines is 3. The van der Waals surface area contributed by atoms with Crippen molar-refractivity contribution in [2.75, 3.05) is 10.6 Å². The number of rotatable bonds is 6. The number of aryl methyl sites for hydroxylation is 2. The molecule has 0 saturated heterocycles. The maximum Gasteiger partial charge on any atom is 0.254 e. The van der Waals surface area contributed by atoms with Crippen LogP contribution in [0, 0.1) is 18.2 Å². The third kappa shape index (κ3) is 3.62. The first-order chi connectivity index (χ1) is 15.0. The van der Waals surface area contributed by atoms with Crippen molar-refractivity contribution in [3.8, 4) is 0 Å². The van der Waals surface area contributed by atoms with Gasteiger partial charge in [-0.2, -0.15) is 0 Å². The van der Waals surface area contributed by atoms with Gasteiger partial charge in [-0.25, -0.2) is 4.39 Å². The van der Waals surface area contributed by atoms with Crippen molar-refractivity contribution in [1.29, 1.82) is 0 Å². The molecule has 4 rings (SSSR count). The van der Waals surface area contributed by atoms with Crippen LogP contribution in [0.2, 0.25) is 0 Å². The standard InChI is InChI=1S/C24H26FN3O3S/c1-6-12-9-14(25)17(16-13(12)10-26-23(16)31)27-18-19(21(30)20(18)29)28-22(24(3,4)5)15-8-7-11(2)32-15/h7-9,22,27-28H,6,10H2,1-5H3,(H,26,31)/t22-/m0/s1. The Balaban J connectivity index is 1.74. The Labute approximate surface area is 189 Å². The summed E-state index contributed by atoms with van der Waals surface area (Å²) < 4.78 is 15.0. The number of halogens is 1. The number of fused-ring (bicyclic) bond motifs is 1. The summed E-state index contributed by atoms with van der Waals surface area (Å²) in [5, 5.41) is 8.73. The molecule has 3 N–H and O–H groups in total. The van der Waals surface area contributed by atoms with Crippen LogP contribution < -0.4 is 26.8 Å². The number of hydrogen-bond acceptors (Lipinski definition) is 6. The lowest BCUT2D eigenvalue weighted by Gasteiger charge is -2.32. The predicted octanol–water partition coefficient (Wildman–Crippen LogP) is 4.54. The van der Waals surface area contributed by atoms with Gasteiger partial charge in [0, 0.05) is 16.3 Å². The Kier molecular flexibility index (Phi) is 5.45. The molecule has 0 fully saturated rings. The molecular formula is C24H26FN3O3S. The van der Waals surface area contributed by atoms with Gasteiger partial charge in [0.15, 0.2) is 0 Å². The maximum atomic E-state index is 15.0. The second kappa shape index (κ2) is 7.85. The molecule has 1 atom stereocenters. The lowest BCUT2D eigenvalue weighted by molar-refractivity contribution is 0.0966. The van der Waals surface area contributed by atoms with Crippen LogP contribution >= 0.6 is 11.3 Å². The molecule has 0 aliphatic carbocycles. The monoisotopic (exact) mass is 455 g/mol. The summed E-state index contributed by atoms with van der Waals surface area (Å²) in [6, 6.07) is 5.16. The molecule has 0 bridgehead atoms. The average molecular weight is 456 g/mol. The molecule has 2 aromatic carbocycles. The van der Waals surface area contributed by atoms with E-state index in [4.69, 9.17) is 0 Å². The van der Waals surface area contributed by atoms with Crippen molar-refractivity contribution < 1.29 is 9.18 Å². The van der Waals surface area contributed by atoms with Crippen molar-refractivity contribution >= 4 is 34.3 Å². The Morgan fingerprint density at radius 2 is 1.81 bits per heavy atom. The van der Waals surface area contributed by atoms with Gasteiger partial charge in [0.25, 0.3) is 16.8 Å². The third-order valence-corrected chi connectivity index (χ3v) is 6.94. The highest BCUT2D eigenvalue weighted by atomic mass is 32.1. The van der Waals surface area contributed by atoms with E-state index in [0.29, 0.717) is 13.0 Å². The van der Waals surface area contributed by atoms with Gasteiger partial charge in [-0.05, 0) is 48.1 Å². The zero-order chi connectivity index (χ0) is 23.4. The summed E-state index contributed by atoms with van der Waals surface area (Å²) >= 11 is 1.61. The Hall–Kier alpha value is -3.00.